The summed E-state index contributed by atoms with van der Waals surface area (Å²) in [5.41, 5.74) is 2.35. The van der Waals surface area contributed by atoms with Crippen LogP contribution in [0, 0.1) is 0 Å². The third kappa shape index (κ3) is 6.21. The summed E-state index contributed by atoms with van der Waals surface area (Å²) in [7, 11) is 1.84. The lowest BCUT2D eigenvalue weighted by Crippen LogP contribution is -2.48. The molecule has 27 heavy (non-hydrogen) atoms. The second-order valence-electron chi connectivity index (χ2n) is 6.78. The fourth-order valence-corrected chi connectivity index (χ4v) is 3.50. The Morgan fingerprint density at radius 3 is 2.70 bits per heavy atom. The maximum Gasteiger partial charge on any atom is 0.191 e. The SMILES string of the molecule is CCCN1CCC(NC(=NC)NCc2ccccc2-n2ccnc2)CC1.I. The summed E-state index contributed by atoms with van der Waals surface area (Å²) < 4.78 is 2.04. The van der Waals surface area contributed by atoms with E-state index in [1.807, 2.05) is 24.1 Å². The van der Waals surface area contributed by atoms with Crippen LogP contribution in [0.15, 0.2) is 48.0 Å². The first kappa shape index (κ1) is 21.7. The Hall–Kier alpha value is -1.61. The summed E-state index contributed by atoms with van der Waals surface area (Å²) in [6, 6.07) is 8.86. The van der Waals surface area contributed by atoms with Crippen molar-refractivity contribution in [2.45, 2.75) is 38.8 Å². The number of hydrogen-bond acceptors (Lipinski definition) is 3. The minimum absolute atomic E-state index is 0. The number of nitrogens with one attached hydrogen (secondary N) is 2. The van der Waals surface area contributed by atoms with Crippen LogP contribution in [0.25, 0.3) is 5.69 Å². The highest BCUT2D eigenvalue weighted by atomic mass is 127. The van der Waals surface area contributed by atoms with Gasteiger partial charge < -0.3 is 20.1 Å². The van der Waals surface area contributed by atoms with E-state index in [1.165, 1.54) is 44.5 Å². The molecule has 0 radical (unpaired) electrons. The molecule has 148 valence electrons. The molecule has 1 saturated heterocycles. The Morgan fingerprint density at radius 2 is 2.04 bits per heavy atom. The number of rotatable bonds is 6. The number of aromatic nitrogens is 2. The van der Waals surface area contributed by atoms with Crippen LogP contribution < -0.4 is 10.6 Å². The third-order valence-electron chi connectivity index (χ3n) is 4.91. The van der Waals surface area contributed by atoms with Crippen LogP contribution in [0.4, 0.5) is 0 Å². The maximum absolute atomic E-state index is 4.41. The van der Waals surface area contributed by atoms with Gasteiger partial charge in [0.2, 0.25) is 0 Å². The van der Waals surface area contributed by atoms with Gasteiger partial charge in [0.05, 0.1) is 12.0 Å². The van der Waals surface area contributed by atoms with Crippen molar-refractivity contribution in [3.63, 3.8) is 0 Å². The molecule has 2 aromatic rings. The molecule has 0 unspecified atom stereocenters. The first-order chi connectivity index (χ1) is 12.8. The molecule has 2 heterocycles. The maximum atomic E-state index is 4.41. The van der Waals surface area contributed by atoms with Crippen molar-refractivity contribution in [3.8, 4) is 5.69 Å². The van der Waals surface area contributed by atoms with Crippen molar-refractivity contribution in [2.24, 2.45) is 4.99 Å². The number of piperidine rings is 1. The molecule has 0 saturated carbocycles. The fraction of sp³-hybridized carbons (Fsp3) is 0.500. The number of para-hydroxylation sites is 1. The second-order valence-corrected chi connectivity index (χ2v) is 6.78. The van der Waals surface area contributed by atoms with Gasteiger partial charge in [0.15, 0.2) is 5.96 Å². The van der Waals surface area contributed by atoms with Crippen LogP contribution >= 0.6 is 24.0 Å². The molecule has 0 amide bonds. The molecule has 7 heteroatoms. The van der Waals surface area contributed by atoms with Gasteiger partial charge in [-0.15, -0.1) is 24.0 Å². The summed E-state index contributed by atoms with van der Waals surface area (Å²) in [5.74, 6) is 0.874. The van der Waals surface area contributed by atoms with E-state index in [-0.39, 0.29) is 24.0 Å². The highest BCUT2D eigenvalue weighted by molar-refractivity contribution is 14.0. The van der Waals surface area contributed by atoms with Gasteiger partial charge in [-0.05, 0) is 37.4 Å². The zero-order valence-electron chi connectivity index (χ0n) is 16.3. The quantitative estimate of drug-likeness (QED) is 0.378. The van der Waals surface area contributed by atoms with E-state index in [9.17, 15) is 0 Å². The molecule has 3 rings (SSSR count). The average Bonchev–Trinajstić information content (AvgIpc) is 3.21. The third-order valence-corrected chi connectivity index (χ3v) is 4.91. The van der Waals surface area contributed by atoms with Crippen LogP contribution in [-0.2, 0) is 6.54 Å². The van der Waals surface area contributed by atoms with Gasteiger partial charge in [-0.25, -0.2) is 4.98 Å². The van der Waals surface area contributed by atoms with Crippen molar-refractivity contribution < 1.29 is 0 Å². The lowest BCUT2D eigenvalue weighted by atomic mass is 10.1. The minimum Gasteiger partial charge on any atom is -0.354 e. The molecule has 0 atom stereocenters. The van der Waals surface area contributed by atoms with E-state index in [2.05, 4.69) is 56.7 Å². The molecule has 1 aromatic carbocycles. The summed E-state index contributed by atoms with van der Waals surface area (Å²) in [5, 5.41) is 7.05. The number of benzene rings is 1. The Bertz CT molecular complexity index is 692. The van der Waals surface area contributed by atoms with E-state index < -0.39 is 0 Å². The Morgan fingerprint density at radius 1 is 1.26 bits per heavy atom. The monoisotopic (exact) mass is 482 g/mol. The van der Waals surface area contributed by atoms with Gasteiger partial charge in [0.25, 0.3) is 0 Å². The standard InChI is InChI=1S/C20H30N6.HI/c1-3-11-25-12-8-18(9-13-25)24-20(21-2)23-15-17-6-4-5-7-19(17)26-14-10-22-16-26;/h4-7,10,14,16,18H,3,8-9,11-13,15H2,1-2H3,(H2,21,23,24);1H. The number of hydrogen-bond donors (Lipinski definition) is 2. The number of nitrogens with zero attached hydrogens (tertiary/aromatic N) is 4. The highest BCUT2D eigenvalue weighted by Gasteiger charge is 2.19. The summed E-state index contributed by atoms with van der Waals surface area (Å²) >= 11 is 0. The molecule has 0 spiro atoms. The topological polar surface area (TPSA) is 57.5 Å². The minimum atomic E-state index is 0. The lowest BCUT2D eigenvalue weighted by molar-refractivity contribution is 0.206. The molecular formula is C20H31IN6. The van der Waals surface area contributed by atoms with Gasteiger partial charge in [0, 0.05) is 45.1 Å². The predicted molar refractivity (Wildman–Crippen MR) is 122 cm³/mol. The first-order valence-electron chi connectivity index (χ1n) is 9.56. The van der Waals surface area contributed by atoms with Crippen LogP contribution in [0.1, 0.15) is 31.7 Å². The number of likely N-dealkylation sites (tertiary alicyclic amines) is 1. The molecule has 0 aliphatic carbocycles. The Kier molecular flexibility index (Phi) is 9.06. The number of halogens is 1. The average molecular weight is 482 g/mol. The molecular weight excluding hydrogens is 451 g/mol. The normalized spacial score (nSPS) is 16.0. The molecule has 2 N–H and O–H groups in total. The van der Waals surface area contributed by atoms with E-state index >= 15 is 0 Å². The molecule has 6 nitrogen and oxygen atoms in total. The van der Waals surface area contributed by atoms with Crippen molar-refractivity contribution in [2.75, 3.05) is 26.7 Å². The predicted octanol–water partition coefficient (Wildman–Crippen LogP) is 3.03. The van der Waals surface area contributed by atoms with Gasteiger partial charge >= 0.3 is 0 Å². The van der Waals surface area contributed by atoms with Crippen LogP contribution in [0.3, 0.4) is 0 Å². The molecule has 1 aromatic heterocycles. The molecule has 1 aliphatic heterocycles. The van der Waals surface area contributed by atoms with E-state index in [0.29, 0.717) is 6.04 Å². The Balaban J connectivity index is 0.00000261. The lowest BCUT2D eigenvalue weighted by Gasteiger charge is -2.32. The molecule has 1 aliphatic rings. The van der Waals surface area contributed by atoms with Crippen molar-refractivity contribution in [1.82, 2.24) is 25.1 Å². The first-order valence-corrected chi connectivity index (χ1v) is 9.56. The van der Waals surface area contributed by atoms with Gasteiger partial charge in [0.1, 0.15) is 0 Å². The fourth-order valence-electron chi connectivity index (χ4n) is 3.50. The summed E-state index contributed by atoms with van der Waals surface area (Å²) in [6.07, 6.45) is 9.18. The van der Waals surface area contributed by atoms with E-state index in [4.69, 9.17) is 0 Å². The number of aliphatic imine (C=N–C) groups is 1. The van der Waals surface area contributed by atoms with E-state index in [1.54, 1.807) is 6.20 Å². The smallest absolute Gasteiger partial charge is 0.191 e. The van der Waals surface area contributed by atoms with Gasteiger partial charge in [-0.2, -0.15) is 0 Å². The molecule has 1 fully saturated rings. The summed E-state index contributed by atoms with van der Waals surface area (Å²) in [4.78, 5) is 11.1. The largest absolute Gasteiger partial charge is 0.354 e. The Labute approximate surface area is 179 Å². The zero-order chi connectivity index (χ0) is 18.2. The van der Waals surface area contributed by atoms with Gasteiger partial charge in [-0.1, -0.05) is 25.1 Å². The highest BCUT2D eigenvalue weighted by Crippen LogP contribution is 2.14. The number of imidazole rings is 1. The van der Waals surface area contributed by atoms with Crippen molar-refractivity contribution in [3.05, 3.63) is 48.5 Å². The van der Waals surface area contributed by atoms with E-state index in [0.717, 1.165) is 18.2 Å². The number of guanidine groups is 1. The zero-order valence-corrected chi connectivity index (χ0v) is 18.6. The van der Waals surface area contributed by atoms with Crippen LogP contribution in [0.5, 0.6) is 0 Å². The van der Waals surface area contributed by atoms with Crippen LogP contribution in [0.2, 0.25) is 0 Å². The van der Waals surface area contributed by atoms with Crippen molar-refractivity contribution >= 4 is 29.9 Å². The van der Waals surface area contributed by atoms with Crippen molar-refractivity contribution in [1.29, 1.82) is 0 Å². The second kappa shape index (κ2) is 11.3. The van der Waals surface area contributed by atoms with Gasteiger partial charge in [-0.3, -0.25) is 4.99 Å². The van der Waals surface area contributed by atoms with Crippen LogP contribution in [-0.4, -0.2) is 53.1 Å². The summed E-state index contributed by atoms with van der Waals surface area (Å²) in [6.45, 7) is 6.53. The molecule has 0 bridgehead atoms.